The maximum absolute atomic E-state index is 13.0. The van der Waals surface area contributed by atoms with Crippen LogP contribution in [0.4, 0.5) is 0 Å². The first-order chi connectivity index (χ1) is 10.2. The third-order valence-electron chi connectivity index (χ3n) is 3.62. The molecule has 1 atom stereocenters. The molecule has 1 aromatic rings. The quantitative estimate of drug-likeness (QED) is 0.843. The van der Waals surface area contributed by atoms with Crippen LogP contribution in [-0.4, -0.2) is 9.32 Å². The molecule has 107 valence electrons. The molecule has 1 unspecified atom stereocenters. The molecule has 0 spiro atoms. The molecule has 4 heteroatoms. The van der Waals surface area contributed by atoms with Crippen LogP contribution in [0.2, 0.25) is 7.25 Å². The summed E-state index contributed by atoms with van der Waals surface area (Å²) in [6, 6.07) is 7.13. The van der Waals surface area contributed by atoms with Crippen LogP contribution in [0.1, 0.15) is 5.56 Å². The number of hydrogen-bond donors (Lipinski definition) is 1. The zero-order valence-corrected chi connectivity index (χ0v) is 14.8. The second kappa shape index (κ2) is 6.85. The van der Waals surface area contributed by atoms with Gasteiger partial charge in [0.25, 0.3) is 0 Å². The van der Waals surface area contributed by atoms with Gasteiger partial charge in [-0.2, -0.15) is 0 Å². The fraction of sp³-hybridized carbons (Fsp3) is 0.176. The third-order valence-corrected chi connectivity index (χ3v) is 18.0. The zero-order valence-electron chi connectivity index (χ0n) is 11.6. The number of rotatable bonds is 5. The molecule has 3 rings (SSSR count). The molecule has 0 amide bonds. The van der Waals surface area contributed by atoms with Gasteiger partial charge in [-0.3, -0.25) is 0 Å². The monoisotopic (exact) mass is 375 g/mol. The van der Waals surface area contributed by atoms with E-state index in [4.69, 9.17) is 0 Å². The van der Waals surface area contributed by atoms with Crippen molar-refractivity contribution in [2.75, 3.05) is 0 Å². The topological polar surface area (TPSA) is 37.3 Å². The number of allylic oxidation sites excluding steroid dienone is 8. The minimum atomic E-state index is -2.25. The predicted molar refractivity (Wildman–Crippen MR) is 84.0 cm³/mol. The van der Waals surface area contributed by atoms with Crippen LogP contribution >= 0.6 is 0 Å². The Hall–Kier alpha value is -0.987. The van der Waals surface area contributed by atoms with Crippen LogP contribution < -0.4 is 0 Å². The van der Waals surface area contributed by atoms with E-state index in [-0.39, 0.29) is 5.75 Å². The van der Waals surface area contributed by atoms with Crippen LogP contribution in [0.25, 0.3) is 0 Å². The van der Waals surface area contributed by atoms with Crippen molar-refractivity contribution in [3.63, 3.8) is 0 Å². The van der Waals surface area contributed by atoms with Crippen molar-refractivity contribution in [2.45, 2.75) is 13.0 Å². The van der Waals surface area contributed by atoms with E-state index in [9.17, 15) is 9.32 Å². The van der Waals surface area contributed by atoms with Gasteiger partial charge in [-0.25, -0.2) is 0 Å². The van der Waals surface area contributed by atoms with E-state index < -0.39 is 27.8 Å². The molecule has 0 aromatic heterocycles. The first-order valence-electron chi connectivity index (χ1n) is 6.97. The summed E-state index contributed by atoms with van der Waals surface area (Å²) in [7, 11) is -0.816. The van der Waals surface area contributed by atoms with Gasteiger partial charge in [0.05, 0.1) is 0 Å². The van der Waals surface area contributed by atoms with Crippen molar-refractivity contribution in [3.8, 4) is 5.75 Å². The second-order valence-corrected chi connectivity index (χ2v) is 17.5. The van der Waals surface area contributed by atoms with Gasteiger partial charge in [-0.05, 0) is 0 Å². The van der Waals surface area contributed by atoms with Gasteiger partial charge in [0.1, 0.15) is 0 Å². The standard InChI is InChI=1S/C7H6O2S.2C5H5.Zr/c8-7-3-1-2-6(4-7)5-10-9;2*1-2-4-5-3-1;/h1-4H,5H2;2*1-5H;/q;;;-1/p+1. The molecule has 0 bridgehead atoms. The Bertz CT molecular complexity index is 609. The van der Waals surface area contributed by atoms with Gasteiger partial charge in [-0.1, -0.05) is 0 Å². The van der Waals surface area contributed by atoms with E-state index in [1.165, 1.54) is 0 Å². The molecule has 0 fully saturated rings. The van der Waals surface area contributed by atoms with E-state index in [0.717, 1.165) is 5.56 Å². The fourth-order valence-electron chi connectivity index (χ4n) is 2.65. The molecule has 2 aliphatic carbocycles. The Morgan fingerprint density at radius 3 is 2.10 bits per heavy atom. The molecule has 0 radical (unpaired) electrons. The van der Waals surface area contributed by atoms with Crippen molar-refractivity contribution in [3.05, 3.63) is 78.4 Å². The zero-order chi connectivity index (χ0) is 14.7. The third kappa shape index (κ3) is 3.62. The Labute approximate surface area is 134 Å². The first-order valence-corrected chi connectivity index (χ1v) is 14.1. The normalized spacial score (nSPS) is 18.7. The maximum atomic E-state index is 13.0. The molecule has 2 nitrogen and oxygen atoms in total. The van der Waals surface area contributed by atoms with E-state index >= 15 is 0 Å². The molecular formula is C17H17O2SZr. The molecular weight excluding hydrogens is 359 g/mol. The summed E-state index contributed by atoms with van der Waals surface area (Å²) >= 11 is -2.25. The predicted octanol–water partition coefficient (Wildman–Crippen LogP) is 4.00. The van der Waals surface area contributed by atoms with Crippen LogP contribution in [0.5, 0.6) is 5.75 Å². The average Bonchev–Trinajstić information content (AvgIpc) is 3.12. The number of aromatic hydroxyl groups is 1. The van der Waals surface area contributed by atoms with Crippen molar-refractivity contribution >= 4 is 7.56 Å². The Kier molecular flexibility index (Phi) is 4.87. The van der Waals surface area contributed by atoms with E-state index in [1.54, 1.807) is 12.1 Å². The van der Waals surface area contributed by atoms with Gasteiger partial charge in [0, 0.05) is 0 Å². The molecule has 1 N–H and O–H groups in total. The molecule has 21 heavy (non-hydrogen) atoms. The average molecular weight is 377 g/mol. The second-order valence-electron chi connectivity index (χ2n) is 5.15. The summed E-state index contributed by atoms with van der Waals surface area (Å²) < 4.78 is 13.8. The SMILES string of the molecule is O=[S](Cc1cccc(O)c1)[Zr]([CH]1C=CC=C1)[CH]1C=CC=C1. The van der Waals surface area contributed by atoms with Crippen LogP contribution in [-0.2, 0) is 33.6 Å². The molecule has 0 saturated heterocycles. The van der Waals surface area contributed by atoms with Crippen LogP contribution in [0.3, 0.4) is 0 Å². The van der Waals surface area contributed by atoms with Crippen molar-refractivity contribution in [1.29, 1.82) is 0 Å². The Morgan fingerprint density at radius 2 is 1.57 bits per heavy atom. The Balaban J connectivity index is 1.80. The molecule has 0 aliphatic heterocycles. The number of phenolic OH excluding ortho intramolecular Hbond substituents is 1. The number of benzene rings is 1. The van der Waals surface area contributed by atoms with Crippen molar-refractivity contribution < 1.29 is 29.6 Å². The summed E-state index contributed by atoms with van der Waals surface area (Å²) in [6.45, 7) is 0. The van der Waals surface area contributed by atoms with Gasteiger partial charge in [0.15, 0.2) is 0 Å². The van der Waals surface area contributed by atoms with Gasteiger partial charge in [-0.15, -0.1) is 0 Å². The Morgan fingerprint density at radius 1 is 1.00 bits per heavy atom. The van der Waals surface area contributed by atoms with E-state index in [1.807, 2.05) is 12.1 Å². The van der Waals surface area contributed by atoms with E-state index in [0.29, 0.717) is 13.0 Å². The van der Waals surface area contributed by atoms with Gasteiger partial charge < -0.3 is 0 Å². The van der Waals surface area contributed by atoms with Gasteiger partial charge in [0.2, 0.25) is 0 Å². The van der Waals surface area contributed by atoms with Crippen molar-refractivity contribution in [2.24, 2.45) is 0 Å². The summed E-state index contributed by atoms with van der Waals surface area (Å²) in [5.74, 6) is 0.801. The number of hydrogen-bond acceptors (Lipinski definition) is 2. The fourth-order valence-corrected chi connectivity index (χ4v) is 16.8. The van der Waals surface area contributed by atoms with Gasteiger partial charge >= 0.3 is 134 Å². The summed E-state index contributed by atoms with van der Waals surface area (Å²) in [5, 5.41) is 9.56. The molecule has 0 heterocycles. The number of phenols is 1. The first kappa shape index (κ1) is 14.9. The molecule has 2 aliphatic rings. The summed E-state index contributed by atoms with van der Waals surface area (Å²) in [4.78, 5) is 0. The summed E-state index contributed by atoms with van der Waals surface area (Å²) in [5.41, 5.74) is 0.961. The molecule has 1 aromatic carbocycles. The van der Waals surface area contributed by atoms with Crippen LogP contribution in [0, 0.1) is 0 Å². The minimum absolute atomic E-state index is 0.246. The van der Waals surface area contributed by atoms with Crippen LogP contribution in [0.15, 0.2) is 72.9 Å². The summed E-state index contributed by atoms with van der Waals surface area (Å²) in [6.07, 6.45) is 17.1. The van der Waals surface area contributed by atoms with E-state index in [2.05, 4.69) is 48.6 Å². The molecule has 0 saturated carbocycles. The van der Waals surface area contributed by atoms with Crippen molar-refractivity contribution in [1.82, 2.24) is 0 Å².